The lowest BCUT2D eigenvalue weighted by molar-refractivity contribution is 0.259. The maximum absolute atomic E-state index is 12.0. The molecule has 0 saturated carbocycles. The Morgan fingerprint density at radius 1 is 1.17 bits per heavy atom. The summed E-state index contributed by atoms with van der Waals surface area (Å²) in [5, 5.41) is 3.19. The van der Waals surface area contributed by atoms with E-state index in [4.69, 9.17) is 15.8 Å². The van der Waals surface area contributed by atoms with Gasteiger partial charge in [-0.1, -0.05) is 29.8 Å². The fraction of sp³-hybridized carbons (Fsp3) is 0.0667. The van der Waals surface area contributed by atoms with E-state index in [-0.39, 0.29) is 12.4 Å². The lowest BCUT2D eigenvalue weighted by Crippen LogP contribution is -2.27. The summed E-state index contributed by atoms with van der Waals surface area (Å²) in [6.45, 7) is -0.0164. The van der Waals surface area contributed by atoms with Gasteiger partial charge in [-0.25, -0.2) is 13.3 Å². The fourth-order valence-electron chi connectivity index (χ4n) is 1.98. The van der Waals surface area contributed by atoms with Crippen molar-refractivity contribution in [1.29, 1.82) is 0 Å². The van der Waals surface area contributed by atoms with E-state index >= 15 is 0 Å². The summed E-state index contributed by atoms with van der Waals surface area (Å²) >= 11 is 4.11. The highest BCUT2D eigenvalue weighted by atomic mass is 35.5. The van der Waals surface area contributed by atoms with Crippen molar-refractivity contribution in [2.75, 3.05) is 16.2 Å². The van der Waals surface area contributed by atoms with Crippen LogP contribution in [0.5, 0.6) is 0 Å². The van der Waals surface area contributed by atoms with Crippen LogP contribution in [0.3, 0.4) is 0 Å². The molecule has 1 aliphatic heterocycles. The highest BCUT2D eigenvalue weighted by Crippen LogP contribution is 2.24. The quantitative estimate of drug-likeness (QED) is 0.903. The Morgan fingerprint density at radius 2 is 1.87 bits per heavy atom. The molecule has 1 atom stereocenters. The van der Waals surface area contributed by atoms with Gasteiger partial charge in [-0.3, -0.25) is 4.18 Å². The zero-order valence-corrected chi connectivity index (χ0v) is 13.4. The van der Waals surface area contributed by atoms with Gasteiger partial charge in [-0.15, -0.1) is 0 Å². The number of hydrogen-bond acceptors (Lipinski definition) is 3. The lowest BCUT2D eigenvalue weighted by atomic mass is 10.3. The molecule has 0 bridgehead atoms. The molecular weight excluding hydrogens is 338 g/mol. The van der Waals surface area contributed by atoms with Crippen molar-refractivity contribution in [3.05, 3.63) is 59.6 Å². The summed E-state index contributed by atoms with van der Waals surface area (Å²) in [6, 6.07) is 15.1. The van der Waals surface area contributed by atoms with E-state index in [1.54, 1.807) is 48.5 Å². The van der Waals surface area contributed by atoms with Gasteiger partial charge in [-0.2, -0.15) is 4.99 Å². The molecule has 1 aliphatic rings. The summed E-state index contributed by atoms with van der Waals surface area (Å²) in [7, 11) is 0. The van der Waals surface area contributed by atoms with Crippen LogP contribution in [-0.2, 0) is 15.4 Å². The Morgan fingerprint density at radius 3 is 2.57 bits per heavy atom. The second-order valence-corrected chi connectivity index (χ2v) is 6.05. The van der Waals surface area contributed by atoms with Crippen molar-refractivity contribution in [1.82, 2.24) is 0 Å². The van der Waals surface area contributed by atoms with E-state index in [1.807, 2.05) is 6.07 Å². The molecule has 118 valence electrons. The molecule has 1 heterocycles. The number of nitrogens with one attached hydrogen (secondary N) is 1. The largest absolute Gasteiger partial charge is 0.347 e. The van der Waals surface area contributed by atoms with Gasteiger partial charge >= 0.3 is 6.03 Å². The number of aliphatic imine (C=N–C) groups is 1. The first kappa shape index (κ1) is 15.7. The van der Waals surface area contributed by atoms with Crippen LogP contribution in [0.2, 0.25) is 5.02 Å². The number of rotatable bonds is 2. The van der Waals surface area contributed by atoms with Gasteiger partial charge in [0.15, 0.2) is 5.84 Å². The summed E-state index contributed by atoms with van der Waals surface area (Å²) < 4.78 is 18.4. The Hall–Kier alpha value is -2.22. The third-order valence-corrected chi connectivity index (χ3v) is 4.28. The molecule has 23 heavy (non-hydrogen) atoms. The second kappa shape index (κ2) is 6.91. The topological polar surface area (TPSA) is 71.0 Å². The normalized spacial score (nSPS) is 19.1. The first-order valence-electron chi connectivity index (χ1n) is 6.68. The summed E-state index contributed by atoms with van der Waals surface area (Å²) in [5.74, 6) is 0.263. The molecule has 1 N–H and O–H groups in total. The summed E-state index contributed by atoms with van der Waals surface area (Å²) in [6.07, 6.45) is 0. The van der Waals surface area contributed by atoms with Gasteiger partial charge in [0.2, 0.25) is 0 Å². The lowest BCUT2D eigenvalue weighted by Gasteiger charge is -2.14. The highest BCUT2D eigenvalue weighted by molar-refractivity contribution is 7.83. The number of hydrogen-bond donors (Lipinski definition) is 1. The molecule has 2 amide bonds. The SMILES string of the molecule is O=C(N=C1COS(=O)N1c1ccc(Cl)cc1)Nc1ccccc1. The molecule has 3 rings (SSSR count). The van der Waals surface area contributed by atoms with Crippen LogP contribution < -0.4 is 9.62 Å². The van der Waals surface area contributed by atoms with Crippen LogP contribution in [0.4, 0.5) is 16.2 Å². The van der Waals surface area contributed by atoms with Gasteiger partial charge < -0.3 is 5.32 Å². The third-order valence-electron chi connectivity index (χ3n) is 2.99. The molecule has 8 heteroatoms. The van der Waals surface area contributed by atoms with Crippen LogP contribution >= 0.6 is 11.6 Å². The van der Waals surface area contributed by atoms with Crippen molar-refractivity contribution in [3.63, 3.8) is 0 Å². The number of anilines is 2. The molecule has 0 radical (unpaired) electrons. The first-order valence-corrected chi connectivity index (χ1v) is 8.09. The molecule has 0 aromatic heterocycles. The van der Waals surface area contributed by atoms with Gasteiger partial charge in [0, 0.05) is 10.7 Å². The minimum Gasteiger partial charge on any atom is -0.306 e. The Bertz CT molecular complexity index is 765. The van der Waals surface area contributed by atoms with E-state index in [1.165, 1.54) is 4.31 Å². The van der Waals surface area contributed by atoms with Gasteiger partial charge in [0.1, 0.15) is 6.61 Å². The predicted octanol–water partition coefficient (Wildman–Crippen LogP) is 3.39. The molecular formula is C15H12ClN3O3S. The van der Waals surface area contributed by atoms with E-state index in [0.717, 1.165) is 0 Å². The number of benzene rings is 2. The molecule has 0 aliphatic carbocycles. The maximum atomic E-state index is 12.0. The maximum Gasteiger partial charge on any atom is 0.347 e. The number of halogens is 1. The first-order chi connectivity index (χ1) is 11.1. The monoisotopic (exact) mass is 349 g/mol. The van der Waals surface area contributed by atoms with Crippen LogP contribution in [0.25, 0.3) is 0 Å². The Balaban J connectivity index is 1.81. The average molecular weight is 350 g/mol. The number of amidine groups is 1. The molecule has 1 unspecified atom stereocenters. The Labute approximate surface area is 140 Å². The number of para-hydroxylation sites is 1. The molecule has 1 saturated heterocycles. The second-order valence-electron chi connectivity index (χ2n) is 4.57. The van der Waals surface area contributed by atoms with Crippen molar-refractivity contribution in [3.8, 4) is 0 Å². The Kier molecular flexibility index (Phi) is 4.71. The predicted molar refractivity (Wildman–Crippen MR) is 90.9 cm³/mol. The summed E-state index contributed by atoms with van der Waals surface area (Å²) in [4.78, 5) is 15.9. The highest BCUT2D eigenvalue weighted by Gasteiger charge is 2.30. The molecule has 6 nitrogen and oxygen atoms in total. The number of amides is 2. The number of nitrogens with zero attached hydrogens (tertiary/aromatic N) is 2. The minimum absolute atomic E-state index is 0.0164. The number of carbonyl (C=O) groups excluding carboxylic acids is 1. The van der Waals surface area contributed by atoms with Crippen molar-refractivity contribution >= 4 is 46.1 Å². The van der Waals surface area contributed by atoms with E-state index in [2.05, 4.69) is 10.3 Å². The van der Waals surface area contributed by atoms with E-state index in [9.17, 15) is 9.00 Å². The third kappa shape index (κ3) is 3.76. The van der Waals surface area contributed by atoms with Gasteiger partial charge in [-0.05, 0) is 36.4 Å². The average Bonchev–Trinajstić information content (AvgIpc) is 2.90. The number of carbonyl (C=O) groups is 1. The van der Waals surface area contributed by atoms with Crippen LogP contribution in [0, 0.1) is 0 Å². The number of urea groups is 1. The summed E-state index contributed by atoms with van der Waals surface area (Å²) in [5.41, 5.74) is 1.21. The molecule has 2 aromatic rings. The minimum atomic E-state index is -1.73. The van der Waals surface area contributed by atoms with Crippen molar-refractivity contribution in [2.24, 2.45) is 4.99 Å². The molecule has 0 spiro atoms. The zero-order valence-electron chi connectivity index (χ0n) is 11.8. The van der Waals surface area contributed by atoms with Gasteiger partial charge in [0.25, 0.3) is 11.3 Å². The van der Waals surface area contributed by atoms with Crippen molar-refractivity contribution < 1.29 is 13.2 Å². The van der Waals surface area contributed by atoms with Crippen molar-refractivity contribution in [2.45, 2.75) is 0 Å². The van der Waals surface area contributed by atoms with Crippen LogP contribution in [0.1, 0.15) is 0 Å². The molecule has 1 fully saturated rings. The molecule has 2 aromatic carbocycles. The van der Waals surface area contributed by atoms with Crippen LogP contribution in [-0.4, -0.2) is 22.7 Å². The van der Waals surface area contributed by atoms with Gasteiger partial charge in [0.05, 0.1) is 5.69 Å². The van der Waals surface area contributed by atoms with Crippen LogP contribution in [0.15, 0.2) is 59.6 Å². The van der Waals surface area contributed by atoms with E-state index < -0.39 is 17.3 Å². The standard InChI is InChI=1S/C15H12ClN3O3S/c16-11-6-8-13(9-7-11)19-14(10-22-23(19)21)18-15(20)17-12-4-2-1-3-5-12/h1-9H,10H2,(H,17,20). The smallest absolute Gasteiger partial charge is 0.306 e. The fourth-order valence-corrected chi connectivity index (χ4v) is 2.98. The van der Waals surface area contributed by atoms with E-state index in [0.29, 0.717) is 16.4 Å². The zero-order chi connectivity index (χ0) is 16.2.